The van der Waals surface area contributed by atoms with Crippen LogP contribution < -0.4 is 11.2 Å². The molecule has 0 N–H and O–H groups in total. The lowest BCUT2D eigenvalue weighted by Crippen LogP contribution is -2.42. The van der Waals surface area contributed by atoms with E-state index in [1.54, 1.807) is 27.7 Å². The van der Waals surface area contributed by atoms with Gasteiger partial charge in [-0.25, -0.2) is 4.79 Å². The van der Waals surface area contributed by atoms with E-state index >= 15 is 0 Å². The Labute approximate surface area is 173 Å². The van der Waals surface area contributed by atoms with E-state index in [4.69, 9.17) is 4.74 Å². The number of hydrogen-bond acceptors (Lipinski definition) is 6. The third-order valence-electron chi connectivity index (χ3n) is 3.76. The molecule has 0 bridgehead atoms. The van der Waals surface area contributed by atoms with Gasteiger partial charge in [0.1, 0.15) is 18.7 Å². The van der Waals surface area contributed by atoms with Gasteiger partial charge in [0.2, 0.25) is 0 Å². The molecule has 1 heterocycles. The van der Waals surface area contributed by atoms with Crippen LogP contribution in [0, 0.1) is 6.92 Å². The molecule has 0 atom stereocenters. The standard InChI is InChI=1S/C20H25N3O5S/c1-14-11-22(19(27)21(5)18(14)26)12-16(24)23(13-17(25)28-20(2,3)4)29-15-9-7-6-8-10-15/h6-11H,12-13H2,1-5H3. The van der Waals surface area contributed by atoms with E-state index < -0.39 is 28.7 Å². The largest absolute Gasteiger partial charge is 0.459 e. The number of ether oxygens (including phenoxy) is 1. The molecule has 0 spiro atoms. The van der Waals surface area contributed by atoms with Crippen LogP contribution in [0.4, 0.5) is 0 Å². The van der Waals surface area contributed by atoms with E-state index in [0.29, 0.717) is 5.56 Å². The van der Waals surface area contributed by atoms with Gasteiger partial charge in [0.05, 0.1) is 0 Å². The molecule has 0 aliphatic carbocycles. The molecule has 2 aromatic rings. The van der Waals surface area contributed by atoms with Crippen molar-refractivity contribution in [3.05, 3.63) is 62.9 Å². The third-order valence-corrected chi connectivity index (χ3v) is 4.80. The zero-order valence-corrected chi connectivity index (χ0v) is 18.0. The maximum atomic E-state index is 12.9. The first-order chi connectivity index (χ1) is 13.5. The predicted molar refractivity (Wildman–Crippen MR) is 111 cm³/mol. The molecule has 0 radical (unpaired) electrons. The van der Waals surface area contributed by atoms with Crippen molar-refractivity contribution in [3.63, 3.8) is 0 Å². The van der Waals surface area contributed by atoms with Gasteiger partial charge >= 0.3 is 11.7 Å². The lowest BCUT2D eigenvalue weighted by Gasteiger charge is -2.24. The Morgan fingerprint density at radius 2 is 1.76 bits per heavy atom. The molecule has 1 aromatic heterocycles. The second-order valence-electron chi connectivity index (χ2n) is 7.51. The summed E-state index contributed by atoms with van der Waals surface area (Å²) in [7, 11) is 1.36. The summed E-state index contributed by atoms with van der Waals surface area (Å²) in [4.78, 5) is 50.2. The summed E-state index contributed by atoms with van der Waals surface area (Å²) < 4.78 is 8.69. The first-order valence-corrected chi connectivity index (χ1v) is 9.77. The summed E-state index contributed by atoms with van der Waals surface area (Å²) in [5.41, 5.74) is -1.36. The quantitative estimate of drug-likeness (QED) is 0.523. The summed E-state index contributed by atoms with van der Waals surface area (Å²) in [5.74, 6) is -1.02. The molecule has 1 aromatic carbocycles. The Kier molecular flexibility index (Phi) is 7.07. The molecule has 0 fully saturated rings. The number of carbonyl (C=O) groups is 2. The average Bonchev–Trinajstić information content (AvgIpc) is 2.63. The number of amides is 1. The fourth-order valence-electron chi connectivity index (χ4n) is 2.50. The van der Waals surface area contributed by atoms with Gasteiger partial charge in [-0.3, -0.25) is 27.8 Å². The molecule has 0 aliphatic heterocycles. The fraction of sp³-hybridized carbons (Fsp3) is 0.400. The molecule has 1 amide bonds. The lowest BCUT2D eigenvalue weighted by molar-refractivity contribution is -0.156. The molecular weight excluding hydrogens is 394 g/mol. The number of benzene rings is 1. The van der Waals surface area contributed by atoms with Gasteiger partial charge in [-0.05, 0) is 51.8 Å². The van der Waals surface area contributed by atoms with Crippen molar-refractivity contribution >= 4 is 23.8 Å². The molecular formula is C20H25N3O5S. The van der Waals surface area contributed by atoms with E-state index in [0.717, 1.165) is 26.0 Å². The van der Waals surface area contributed by atoms with Crippen molar-refractivity contribution in [3.8, 4) is 0 Å². The van der Waals surface area contributed by atoms with Crippen LogP contribution in [0.25, 0.3) is 0 Å². The summed E-state index contributed by atoms with van der Waals surface area (Å²) in [6.45, 7) is 6.21. The number of rotatable bonds is 6. The van der Waals surface area contributed by atoms with E-state index in [2.05, 4.69) is 0 Å². The van der Waals surface area contributed by atoms with Gasteiger partial charge in [0, 0.05) is 23.7 Å². The van der Waals surface area contributed by atoms with Crippen LogP contribution >= 0.6 is 11.9 Å². The van der Waals surface area contributed by atoms with Crippen molar-refractivity contribution in [2.45, 2.75) is 44.7 Å². The molecule has 29 heavy (non-hydrogen) atoms. The Morgan fingerprint density at radius 1 is 1.14 bits per heavy atom. The molecule has 8 nitrogen and oxygen atoms in total. The number of aryl methyl sites for hydroxylation is 1. The topological polar surface area (TPSA) is 90.6 Å². The van der Waals surface area contributed by atoms with Gasteiger partial charge in [-0.2, -0.15) is 0 Å². The van der Waals surface area contributed by atoms with Crippen LogP contribution in [0.1, 0.15) is 26.3 Å². The van der Waals surface area contributed by atoms with Crippen molar-refractivity contribution in [1.82, 2.24) is 13.4 Å². The normalized spacial score (nSPS) is 11.2. The summed E-state index contributed by atoms with van der Waals surface area (Å²) in [5, 5.41) is 0. The number of hydrogen-bond donors (Lipinski definition) is 0. The first kappa shape index (κ1) is 22.5. The molecule has 0 saturated carbocycles. The fourth-order valence-corrected chi connectivity index (χ4v) is 3.36. The van der Waals surface area contributed by atoms with Gasteiger partial charge in [0.25, 0.3) is 11.5 Å². The average molecular weight is 420 g/mol. The van der Waals surface area contributed by atoms with E-state index in [1.165, 1.54) is 17.5 Å². The van der Waals surface area contributed by atoms with Crippen molar-refractivity contribution in [2.75, 3.05) is 6.54 Å². The van der Waals surface area contributed by atoms with Crippen LogP contribution in [-0.2, 0) is 27.9 Å². The van der Waals surface area contributed by atoms with E-state index in [9.17, 15) is 19.2 Å². The minimum atomic E-state index is -0.686. The summed E-state index contributed by atoms with van der Waals surface area (Å²) >= 11 is 1.09. The van der Waals surface area contributed by atoms with E-state index in [1.807, 2.05) is 30.3 Å². The highest BCUT2D eigenvalue weighted by molar-refractivity contribution is 7.97. The van der Waals surface area contributed by atoms with Crippen LogP contribution in [0.2, 0.25) is 0 Å². The zero-order valence-electron chi connectivity index (χ0n) is 17.2. The Bertz CT molecular complexity index is 1010. The maximum absolute atomic E-state index is 12.9. The zero-order chi connectivity index (χ0) is 21.8. The number of esters is 1. The number of carbonyl (C=O) groups excluding carboxylic acids is 2. The SMILES string of the molecule is Cc1cn(CC(=O)N(CC(=O)OC(C)(C)C)Sc2ccccc2)c(=O)n(C)c1=O. The summed E-state index contributed by atoms with van der Waals surface area (Å²) in [6.07, 6.45) is 1.35. The van der Waals surface area contributed by atoms with Crippen molar-refractivity contribution in [1.29, 1.82) is 0 Å². The van der Waals surface area contributed by atoms with Gasteiger partial charge < -0.3 is 4.74 Å². The molecule has 0 aliphatic rings. The minimum absolute atomic E-state index is 0.283. The summed E-state index contributed by atoms with van der Waals surface area (Å²) in [6, 6.07) is 9.10. The highest BCUT2D eigenvalue weighted by Gasteiger charge is 2.24. The van der Waals surface area contributed by atoms with Crippen LogP contribution in [-0.4, -0.2) is 37.5 Å². The van der Waals surface area contributed by atoms with E-state index in [-0.39, 0.29) is 13.1 Å². The van der Waals surface area contributed by atoms with Crippen LogP contribution in [0.5, 0.6) is 0 Å². The smallest absolute Gasteiger partial charge is 0.331 e. The van der Waals surface area contributed by atoms with Gasteiger partial charge in [-0.15, -0.1) is 0 Å². The number of nitrogens with zero attached hydrogens (tertiary/aromatic N) is 3. The van der Waals surface area contributed by atoms with Gasteiger partial charge in [0.15, 0.2) is 0 Å². The molecule has 2 rings (SSSR count). The van der Waals surface area contributed by atoms with Gasteiger partial charge in [-0.1, -0.05) is 18.2 Å². The molecule has 0 unspecified atom stereocenters. The van der Waals surface area contributed by atoms with Crippen LogP contribution in [0.15, 0.2) is 51.0 Å². The Hall–Kier alpha value is -2.81. The third kappa shape index (κ3) is 6.35. The van der Waals surface area contributed by atoms with Crippen molar-refractivity contribution < 1.29 is 14.3 Å². The second-order valence-corrected chi connectivity index (χ2v) is 8.60. The number of aromatic nitrogens is 2. The highest BCUT2D eigenvalue weighted by atomic mass is 32.2. The second kappa shape index (κ2) is 9.13. The molecule has 156 valence electrons. The Morgan fingerprint density at radius 3 is 2.34 bits per heavy atom. The maximum Gasteiger partial charge on any atom is 0.331 e. The molecule has 9 heteroatoms. The molecule has 0 saturated heterocycles. The monoisotopic (exact) mass is 419 g/mol. The Balaban J connectivity index is 2.28. The van der Waals surface area contributed by atoms with Crippen molar-refractivity contribution in [2.24, 2.45) is 7.05 Å². The van der Waals surface area contributed by atoms with Crippen LogP contribution in [0.3, 0.4) is 0 Å². The highest BCUT2D eigenvalue weighted by Crippen LogP contribution is 2.23. The predicted octanol–water partition coefficient (Wildman–Crippen LogP) is 1.73. The lowest BCUT2D eigenvalue weighted by atomic mass is 10.2. The minimum Gasteiger partial charge on any atom is -0.459 e. The first-order valence-electron chi connectivity index (χ1n) is 9.00.